The first-order chi connectivity index (χ1) is 8.02. The predicted octanol–water partition coefficient (Wildman–Crippen LogP) is -1.41. The van der Waals surface area contributed by atoms with Gasteiger partial charge >= 0.3 is 11.9 Å². The molecule has 0 aromatic rings. The van der Waals surface area contributed by atoms with Gasteiger partial charge < -0.3 is 9.47 Å². The Morgan fingerprint density at radius 2 is 1.35 bits per heavy atom. The van der Waals surface area contributed by atoms with Crippen molar-refractivity contribution in [3.05, 3.63) is 0 Å². The van der Waals surface area contributed by atoms with Gasteiger partial charge in [0.05, 0.1) is 13.2 Å². The number of hydrogen-bond donors (Lipinski definition) is 1. The second-order valence-corrected chi connectivity index (χ2v) is 3.27. The maximum Gasteiger partial charge on any atom is 0.331 e. The number of esters is 2. The first-order valence-electron chi connectivity index (χ1n) is 5.20. The number of rotatable bonds is 4. The SMILES string of the molecule is CCOC(=O)C1NC(C(=O)OCC)C(=O)C1=O. The Bertz CT molecular complexity index is 330. The number of Topliss-reactive ketones (excluding diaryl/α,β-unsaturated/α-hetero) is 2. The van der Waals surface area contributed by atoms with Crippen molar-refractivity contribution in [2.24, 2.45) is 0 Å². The van der Waals surface area contributed by atoms with E-state index in [0.29, 0.717) is 0 Å². The number of hydrogen-bond acceptors (Lipinski definition) is 7. The molecule has 7 heteroatoms. The lowest BCUT2D eigenvalue weighted by Gasteiger charge is -2.09. The number of ketones is 2. The quantitative estimate of drug-likeness (QED) is 0.368. The van der Waals surface area contributed by atoms with Crippen molar-refractivity contribution in [3.8, 4) is 0 Å². The lowest BCUT2D eigenvalue weighted by atomic mass is 10.1. The highest BCUT2D eigenvalue weighted by Crippen LogP contribution is 2.08. The average Bonchev–Trinajstić information content (AvgIpc) is 2.57. The van der Waals surface area contributed by atoms with E-state index in [1.165, 1.54) is 0 Å². The third-order valence-corrected chi connectivity index (χ3v) is 2.15. The maximum absolute atomic E-state index is 11.4. The van der Waals surface area contributed by atoms with Gasteiger partial charge in [-0.25, -0.2) is 9.59 Å². The van der Waals surface area contributed by atoms with Gasteiger partial charge in [-0.2, -0.15) is 0 Å². The van der Waals surface area contributed by atoms with Gasteiger partial charge in [0.1, 0.15) is 0 Å². The molecule has 0 aromatic heterocycles. The number of carbonyl (C=O) groups excluding carboxylic acids is 4. The van der Waals surface area contributed by atoms with E-state index in [9.17, 15) is 19.2 Å². The molecule has 1 saturated heterocycles. The van der Waals surface area contributed by atoms with E-state index in [0.717, 1.165) is 0 Å². The highest BCUT2D eigenvalue weighted by Gasteiger charge is 2.49. The molecule has 0 aromatic carbocycles. The maximum atomic E-state index is 11.4. The normalized spacial score (nSPS) is 23.6. The van der Waals surface area contributed by atoms with Crippen molar-refractivity contribution in [2.45, 2.75) is 25.9 Å². The van der Waals surface area contributed by atoms with E-state index in [2.05, 4.69) is 14.8 Å². The van der Waals surface area contributed by atoms with Crippen LogP contribution in [0.3, 0.4) is 0 Å². The van der Waals surface area contributed by atoms with E-state index in [1.54, 1.807) is 13.8 Å². The van der Waals surface area contributed by atoms with Crippen LogP contribution in [0.25, 0.3) is 0 Å². The molecular formula is C10H13NO6. The molecule has 0 bridgehead atoms. The van der Waals surface area contributed by atoms with Gasteiger partial charge in [0.25, 0.3) is 0 Å². The smallest absolute Gasteiger partial charge is 0.331 e. The van der Waals surface area contributed by atoms with E-state index in [1.807, 2.05) is 0 Å². The van der Waals surface area contributed by atoms with E-state index in [-0.39, 0.29) is 13.2 Å². The van der Waals surface area contributed by atoms with Gasteiger partial charge in [0.2, 0.25) is 11.6 Å². The van der Waals surface area contributed by atoms with Crippen LogP contribution in [-0.4, -0.2) is 48.8 Å². The summed E-state index contributed by atoms with van der Waals surface area (Å²) in [6.07, 6.45) is 0. The lowest BCUT2D eigenvalue weighted by Crippen LogP contribution is -2.43. The summed E-state index contributed by atoms with van der Waals surface area (Å²) in [4.78, 5) is 45.5. The van der Waals surface area contributed by atoms with Gasteiger partial charge in [-0.3, -0.25) is 14.9 Å². The van der Waals surface area contributed by atoms with Crippen LogP contribution in [0.4, 0.5) is 0 Å². The number of ether oxygens (including phenoxy) is 2. The van der Waals surface area contributed by atoms with Gasteiger partial charge in [-0.15, -0.1) is 0 Å². The Morgan fingerprint density at radius 1 is 1.00 bits per heavy atom. The summed E-state index contributed by atoms with van der Waals surface area (Å²) < 4.78 is 9.21. The molecule has 1 aliphatic rings. The molecule has 0 spiro atoms. The Hall–Kier alpha value is -1.76. The largest absolute Gasteiger partial charge is 0.464 e. The third kappa shape index (κ3) is 2.68. The minimum absolute atomic E-state index is 0.0859. The summed E-state index contributed by atoms with van der Waals surface area (Å²) in [5.41, 5.74) is 0. The monoisotopic (exact) mass is 243 g/mol. The average molecular weight is 243 g/mol. The van der Waals surface area contributed by atoms with Crippen molar-refractivity contribution >= 4 is 23.5 Å². The topological polar surface area (TPSA) is 98.8 Å². The fourth-order valence-electron chi connectivity index (χ4n) is 1.40. The molecule has 17 heavy (non-hydrogen) atoms. The zero-order valence-electron chi connectivity index (χ0n) is 9.52. The molecule has 7 nitrogen and oxygen atoms in total. The number of nitrogens with one attached hydrogen (secondary N) is 1. The molecule has 94 valence electrons. The summed E-state index contributed by atoms with van der Waals surface area (Å²) in [5.74, 6) is -3.67. The standard InChI is InChI=1S/C10H13NO6/c1-3-16-9(14)5-7(12)8(13)6(11-5)10(15)17-4-2/h5-6,11H,3-4H2,1-2H3. The minimum Gasteiger partial charge on any atom is -0.464 e. The third-order valence-electron chi connectivity index (χ3n) is 2.15. The molecule has 1 N–H and O–H groups in total. The number of carbonyl (C=O) groups is 4. The van der Waals surface area contributed by atoms with Gasteiger partial charge in [-0.05, 0) is 13.8 Å². The first-order valence-corrected chi connectivity index (χ1v) is 5.20. The molecule has 1 heterocycles. The molecule has 2 atom stereocenters. The molecule has 1 rings (SSSR count). The van der Waals surface area contributed by atoms with Crippen LogP contribution in [0.5, 0.6) is 0 Å². The second-order valence-electron chi connectivity index (χ2n) is 3.27. The predicted molar refractivity (Wildman–Crippen MR) is 54.0 cm³/mol. The fraction of sp³-hybridized carbons (Fsp3) is 0.600. The van der Waals surface area contributed by atoms with Crippen LogP contribution >= 0.6 is 0 Å². The zero-order valence-corrected chi connectivity index (χ0v) is 9.52. The van der Waals surface area contributed by atoms with E-state index < -0.39 is 35.6 Å². The van der Waals surface area contributed by atoms with Gasteiger partial charge in [0, 0.05) is 0 Å². The molecule has 1 fully saturated rings. The zero-order chi connectivity index (χ0) is 13.0. The van der Waals surface area contributed by atoms with Crippen molar-refractivity contribution in [3.63, 3.8) is 0 Å². The first kappa shape index (κ1) is 13.3. The summed E-state index contributed by atoms with van der Waals surface area (Å²) in [6.45, 7) is 3.31. The van der Waals surface area contributed by atoms with Crippen LogP contribution < -0.4 is 5.32 Å². The Morgan fingerprint density at radius 3 is 1.65 bits per heavy atom. The molecule has 1 aliphatic heterocycles. The van der Waals surface area contributed by atoms with Crippen molar-refractivity contribution in [1.29, 1.82) is 0 Å². The fourth-order valence-corrected chi connectivity index (χ4v) is 1.40. The molecule has 0 amide bonds. The van der Waals surface area contributed by atoms with Crippen LogP contribution in [0, 0.1) is 0 Å². The van der Waals surface area contributed by atoms with E-state index in [4.69, 9.17) is 0 Å². The van der Waals surface area contributed by atoms with Gasteiger partial charge in [0.15, 0.2) is 12.1 Å². The van der Waals surface area contributed by atoms with Crippen molar-refractivity contribution in [2.75, 3.05) is 13.2 Å². The van der Waals surface area contributed by atoms with Crippen LogP contribution in [-0.2, 0) is 28.7 Å². The van der Waals surface area contributed by atoms with Crippen LogP contribution in [0.2, 0.25) is 0 Å². The second kappa shape index (κ2) is 5.53. The summed E-state index contributed by atoms with van der Waals surface area (Å²) in [7, 11) is 0. The van der Waals surface area contributed by atoms with Crippen LogP contribution in [0.15, 0.2) is 0 Å². The molecule has 0 aliphatic carbocycles. The highest BCUT2D eigenvalue weighted by molar-refractivity contribution is 6.49. The van der Waals surface area contributed by atoms with Crippen molar-refractivity contribution in [1.82, 2.24) is 5.32 Å². The Balaban J connectivity index is 2.75. The lowest BCUT2D eigenvalue weighted by molar-refractivity contribution is -0.150. The summed E-state index contributed by atoms with van der Waals surface area (Å²) in [6, 6.07) is -2.81. The molecule has 0 radical (unpaired) electrons. The Kier molecular flexibility index (Phi) is 4.33. The molecule has 2 unspecified atom stereocenters. The van der Waals surface area contributed by atoms with Crippen LogP contribution in [0.1, 0.15) is 13.8 Å². The molecular weight excluding hydrogens is 230 g/mol. The van der Waals surface area contributed by atoms with Gasteiger partial charge in [-0.1, -0.05) is 0 Å². The van der Waals surface area contributed by atoms with Crippen molar-refractivity contribution < 1.29 is 28.7 Å². The highest BCUT2D eigenvalue weighted by atomic mass is 16.5. The Labute approximate surface area is 97.4 Å². The summed E-state index contributed by atoms with van der Waals surface area (Å²) in [5, 5.41) is 2.31. The van der Waals surface area contributed by atoms with E-state index >= 15 is 0 Å². The summed E-state index contributed by atoms with van der Waals surface area (Å²) >= 11 is 0. The molecule has 0 saturated carbocycles. The minimum atomic E-state index is -1.41.